The minimum absolute atomic E-state index is 0.720. The predicted molar refractivity (Wildman–Crippen MR) is 90.7 cm³/mol. The molecule has 0 saturated carbocycles. The van der Waals surface area contributed by atoms with Crippen LogP contribution in [0.4, 0.5) is 0 Å². The molecule has 3 unspecified atom stereocenters. The fraction of sp³-hybridized carbons (Fsp3) is 0.714. The number of allylic oxidation sites excluding steroid dienone is 4. The molecule has 0 aromatic rings. The molecular weight excluding hydrogens is 422 g/mol. The first-order valence-corrected chi connectivity index (χ1v) is 9.16. The Hall–Kier alpha value is 0.940. The Labute approximate surface area is 128 Å². The molecule has 0 radical (unpaired) electrons. The van der Waals surface area contributed by atoms with Gasteiger partial charge in [0.25, 0.3) is 0 Å². The molecule has 16 heavy (non-hydrogen) atoms. The monoisotopic (exact) mass is 444 g/mol. The Morgan fingerprint density at radius 2 is 2.00 bits per heavy atom. The van der Waals surface area contributed by atoms with Crippen molar-refractivity contribution >= 4 is 45.2 Å². The highest BCUT2D eigenvalue weighted by Gasteiger charge is 2.17. The van der Waals surface area contributed by atoms with Gasteiger partial charge in [-0.2, -0.15) is 0 Å². The minimum atomic E-state index is 0.720. The van der Waals surface area contributed by atoms with Crippen molar-refractivity contribution in [3.63, 3.8) is 0 Å². The normalized spacial score (nSPS) is 24.7. The summed E-state index contributed by atoms with van der Waals surface area (Å²) >= 11 is 4.99. The third-order valence-electron chi connectivity index (χ3n) is 3.34. The largest absolute Gasteiger partial charge is 0.0861 e. The van der Waals surface area contributed by atoms with Gasteiger partial charge in [0.05, 0.1) is 0 Å². The Morgan fingerprint density at radius 3 is 2.56 bits per heavy atom. The number of rotatable bonds is 5. The average molecular weight is 444 g/mol. The second-order valence-corrected chi connectivity index (χ2v) is 6.84. The fourth-order valence-corrected chi connectivity index (χ4v) is 2.85. The molecule has 0 saturated heterocycles. The number of hydrogen-bond acceptors (Lipinski definition) is 0. The SMILES string of the molecule is CC(CI)CC1=CC(C(C)CI)=CCC1C. The third kappa shape index (κ3) is 4.31. The van der Waals surface area contributed by atoms with Gasteiger partial charge in [-0.15, -0.1) is 0 Å². The van der Waals surface area contributed by atoms with Crippen molar-refractivity contribution < 1.29 is 0 Å². The van der Waals surface area contributed by atoms with Crippen LogP contribution in [0.25, 0.3) is 0 Å². The molecule has 0 aromatic carbocycles. The van der Waals surface area contributed by atoms with Gasteiger partial charge in [-0.25, -0.2) is 0 Å². The fourth-order valence-electron chi connectivity index (χ4n) is 2.03. The van der Waals surface area contributed by atoms with Crippen LogP contribution in [0.15, 0.2) is 23.3 Å². The predicted octanol–water partition coefficient (Wildman–Crippen LogP) is 5.41. The third-order valence-corrected chi connectivity index (χ3v) is 6.17. The van der Waals surface area contributed by atoms with Gasteiger partial charge < -0.3 is 0 Å². The Balaban J connectivity index is 2.72. The summed E-state index contributed by atoms with van der Waals surface area (Å²) in [5, 5.41) is 0. The number of alkyl halides is 2. The van der Waals surface area contributed by atoms with Crippen LogP contribution in [-0.4, -0.2) is 8.86 Å². The van der Waals surface area contributed by atoms with Gasteiger partial charge >= 0.3 is 0 Å². The standard InChI is InChI=1S/C14H22I2/c1-10(8-15)6-14-7-13(12(3)9-16)5-4-11(14)2/h5,7,10-12H,4,6,8-9H2,1-3H3. The molecule has 92 valence electrons. The summed E-state index contributed by atoms with van der Waals surface area (Å²) in [5.74, 6) is 2.30. The zero-order valence-electron chi connectivity index (χ0n) is 10.5. The molecule has 0 amide bonds. The van der Waals surface area contributed by atoms with Gasteiger partial charge in [0, 0.05) is 8.86 Å². The number of hydrogen-bond donors (Lipinski definition) is 0. The van der Waals surface area contributed by atoms with Crippen LogP contribution >= 0.6 is 45.2 Å². The maximum absolute atomic E-state index is 2.50. The van der Waals surface area contributed by atoms with Gasteiger partial charge in [-0.1, -0.05) is 83.7 Å². The van der Waals surface area contributed by atoms with E-state index in [9.17, 15) is 0 Å². The highest BCUT2D eigenvalue weighted by Crippen LogP contribution is 2.32. The Bertz CT molecular complexity index is 278. The average Bonchev–Trinajstić information content (AvgIpc) is 2.30. The quantitative estimate of drug-likeness (QED) is 0.393. The summed E-state index contributed by atoms with van der Waals surface area (Å²) in [7, 11) is 0. The van der Waals surface area contributed by atoms with Crippen LogP contribution in [-0.2, 0) is 0 Å². The molecule has 0 N–H and O–H groups in total. The van der Waals surface area contributed by atoms with Crippen LogP contribution < -0.4 is 0 Å². The molecule has 1 rings (SSSR count). The van der Waals surface area contributed by atoms with Crippen LogP contribution in [0.1, 0.15) is 33.6 Å². The molecule has 0 aliphatic heterocycles. The maximum atomic E-state index is 2.50. The van der Waals surface area contributed by atoms with E-state index in [-0.39, 0.29) is 0 Å². The van der Waals surface area contributed by atoms with Gasteiger partial charge in [-0.05, 0) is 36.2 Å². The Morgan fingerprint density at radius 1 is 1.31 bits per heavy atom. The summed E-state index contributed by atoms with van der Waals surface area (Å²) < 4.78 is 2.49. The summed E-state index contributed by atoms with van der Waals surface area (Å²) in [6.07, 6.45) is 7.47. The van der Waals surface area contributed by atoms with E-state index in [2.05, 4.69) is 78.1 Å². The van der Waals surface area contributed by atoms with E-state index in [1.807, 2.05) is 0 Å². The molecule has 1 aliphatic rings. The zero-order chi connectivity index (χ0) is 12.1. The van der Waals surface area contributed by atoms with Crippen molar-refractivity contribution in [1.82, 2.24) is 0 Å². The molecule has 0 bridgehead atoms. The summed E-state index contributed by atoms with van der Waals surface area (Å²) in [5.41, 5.74) is 3.25. The van der Waals surface area contributed by atoms with Gasteiger partial charge in [0.1, 0.15) is 0 Å². The number of halogens is 2. The Kier molecular flexibility index (Phi) is 6.93. The van der Waals surface area contributed by atoms with E-state index in [0.29, 0.717) is 0 Å². The van der Waals surface area contributed by atoms with Crippen molar-refractivity contribution in [3.8, 4) is 0 Å². The lowest BCUT2D eigenvalue weighted by molar-refractivity contribution is 0.565. The van der Waals surface area contributed by atoms with E-state index in [1.54, 1.807) is 11.1 Å². The summed E-state index contributed by atoms with van der Waals surface area (Å²) in [6, 6.07) is 0. The lowest BCUT2D eigenvalue weighted by Crippen LogP contribution is -2.11. The van der Waals surface area contributed by atoms with Crippen molar-refractivity contribution in [2.75, 3.05) is 8.86 Å². The van der Waals surface area contributed by atoms with E-state index < -0.39 is 0 Å². The maximum Gasteiger partial charge on any atom is 0.00614 e. The van der Waals surface area contributed by atoms with E-state index in [4.69, 9.17) is 0 Å². The summed E-state index contributed by atoms with van der Waals surface area (Å²) in [4.78, 5) is 0. The highest BCUT2D eigenvalue weighted by molar-refractivity contribution is 14.1. The molecule has 0 heterocycles. The first kappa shape index (κ1) is 15.0. The first-order valence-electron chi connectivity index (χ1n) is 6.10. The highest BCUT2D eigenvalue weighted by atomic mass is 127. The van der Waals surface area contributed by atoms with E-state index in [0.717, 1.165) is 17.8 Å². The van der Waals surface area contributed by atoms with Gasteiger partial charge in [0.2, 0.25) is 0 Å². The molecular formula is C14H22I2. The zero-order valence-corrected chi connectivity index (χ0v) is 14.8. The molecule has 0 spiro atoms. The molecule has 3 atom stereocenters. The van der Waals surface area contributed by atoms with Crippen LogP contribution in [0.3, 0.4) is 0 Å². The van der Waals surface area contributed by atoms with Crippen LogP contribution in [0.5, 0.6) is 0 Å². The second-order valence-electron chi connectivity index (χ2n) is 5.08. The second kappa shape index (κ2) is 7.39. The lowest BCUT2D eigenvalue weighted by Gasteiger charge is -2.24. The van der Waals surface area contributed by atoms with Gasteiger partial charge in [0.15, 0.2) is 0 Å². The minimum Gasteiger partial charge on any atom is -0.0861 e. The van der Waals surface area contributed by atoms with E-state index >= 15 is 0 Å². The molecule has 1 aliphatic carbocycles. The molecule has 0 fully saturated rings. The first-order chi connectivity index (χ1) is 7.58. The topological polar surface area (TPSA) is 0 Å². The summed E-state index contributed by atoms with van der Waals surface area (Å²) in [6.45, 7) is 7.07. The van der Waals surface area contributed by atoms with E-state index in [1.165, 1.54) is 21.7 Å². The lowest BCUT2D eigenvalue weighted by atomic mass is 9.82. The van der Waals surface area contributed by atoms with Crippen LogP contribution in [0.2, 0.25) is 0 Å². The van der Waals surface area contributed by atoms with Crippen molar-refractivity contribution in [1.29, 1.82) is 0 Å². The molecule has 0 aromatic heterocycles. The molecule has 2 heteroatoms. The van der Waals surface area contributed by atoms with Crippen molar-refractivity contribution in [2.24, 2.45) is 17.8 Å². The van der Waals surface area contributed by atoms with Crippen molar-refractivity contribution in [3.05, 3.63) is 23.3 Å². The van der Waals surface area contributed by atoms with Gasteiger partial charge in [-0.3, -0.25) is 0 Å². The van der Waals surface area contributed by atoms with Crippen molar-refractivity contribution in [2.45, 2.75) is 33.6 Å². The smallest absolute Gasteiger partial charge is 0.00614 e. The molecule has 0 nitrogen and oxygen atoms in total. The van der Waals surface area contributed by atoms with Crippen LogP contribution in [0, 0.1) is 17.8 Å².